The first-order valence-corrected chi connectivity index (χ1v) is 7.39. The van der Waals surface area contributed by atoms with E-state index < -0.39 is 0 Å². The van der Waals surface area contributed by atoms with Crippen LogP contribution in [-0.2, 0) is 0 Å². The number of aromatic amines is 2. The Hall–Kier alpha value is -2.92. The molecule has 2 heterocycles. The molecule has 0 fully saturated rings. The number of hydrogen-bond donors (Lipinski definition) is 2. The molecule has 0 atom stereocenters. The molecule has 112 valence electrons. The van der Waals surface area contributed by atoms with Crippen LogP contribution in [0.2, 0.25) is 5.02 Å². The molecule has 6 heteroatoms. The fraction of sp³-hybridized carbons (Fsp3) is 0. The lowest BCUT2D eigenvalue weighted by molar-refractivity contribution is 1.10. The van der Waals surface area contributed by atoms with Crippen LogP contribution in [0.1, 0.15) is 0 Å². The number of aromatic nitrogens is 4. The van der Waals surface area contributed by atoms with Crippen molar-refractivity contribution in [3.05, 3.63) is 70.1 Å². The molecule has 0 saturated heterocycles. The van der Waals surface area contributed by atoms with Crippen LogP contribution in [0.3, 0.4) is 0 Å². The lowest BCUT2D eigenvalue weighted by Crippen LogP contribution is -2.09. The maximum absolute atomic E-state index is 12.3. The summed E-state index contributed by atoms with van der Waals surface area (Å²) in [4.78, 5) is 19.6. The van der Waals surface area contributed by atoms with Gasteiger partial charge in [-0.2, -0.15) is 5.10 Å². The fourth-order valence-corrected chi connectivity index (χ4v) is 2.70. The molecule has 0 unspecified atom stereocenters. The predicted molar refractivity (Wildman–Crippen MR) is 90.4 cm³/mol. The van der Waals surface area contributed by atoms with Gasteiger partial charge in [0.2, 0.25) is 0 Å². The van der Waals surface area contributed by atoms with Gasteiger partial charge in [-0.05, 0) is 18.2 Å². The van der Waals surface area contributed by atoms with E-state index in [2.05, 4.69) is 20.2 Å². The number of nitrogens with one attached hydrogen (secondary N) is 2. The Labute approximate surface area is 136 Å². The largest absolute Gasteiger partial charge is 0.306 e. The number of rotatable bonds is 2. The average molecular weight is 323 g/mol. The lowest BCUT2D eigenvalue weighted by Gasteiger charge is -2.05. The van der Waals surface area contributed by atoms with Crippen LogP contribution in [0.4, 0.5) is 0 Å². The van der Waals surface area contributed by atoms with Crippen molar-refractivity contribution in [1.82, 2.24) is 20.2 Å². The van der Waals surface area contributed by atoms with Gasteiger partial charge in [-0.1, -0.05) is 41.9 Å². The number of fused-ring (bicyclic) bond motifs is 1. The van der Waals surface area contributed by atoms with Crippen LogP contribution in [-0.4, -0.2) is 20.2 Å². The Morgan fingerprint density at radius 2 is 1.87 bits per heavy atom. The van der Waals surface area contributed by atoms with Gasteiger partial charge < -0.3 is 4.98 Å². The summed E-state index contributed by atoms with van der Waals surface area (Å²) in [6, 6.07) is 14.8. The van der Waals surface area contributed by atoms with Gasteiger partial charge in [-0.15, -0.1) is 0 Å². The van der Waals surface area contributed by atoms with Crippen molar-refractivity contribution < 1.29 is 0 Å². The SMILES string of the molecule is O=c1[nH]c(-c2cn[nH]c2-c2ccccc2)nc2ccc(Cl)cc12. The molecule has 0 spiro atoms. The summed E-state index contributed by atoms with van der Waals surface area (Å²) in [5.74, 6) is 0.470. The van der Waals surface area contributed by atoms with Gasteiger partial charge in [-0.25, -0.2) is 4.98 Å². The molecular weight excluding hydrogens is 312 g/mol. The highest BCUT2D eigenvalue weighted by Gasteiger charge is 2.13. The van der Waals surface area contributed by atoms with E-state index in [1.165, 1.54) is 0 Å². The van der Waals surface area contributed by atoms with E-state index >= 15 is 0 Å². The third-order valence-corrected chi connectivity index (χ3v) is 3.86. The van der Waals surface area contributed by atoms with Crippen molar-refractivity contribution in [2.75, 3.05) is 0 Å². The molecule has 5 nitrogen and oxygen atoms in total. The molecule has 0 saturated carbocycles. The molecule has 0 amide bonds. The molecule has 2 N–H and O–H groups in total. The molecule has 0 aliphatic rings. The minimum atomic E-state index is -0.229. The van der Waals surface area contributed by atoms with Crippen molar-refractivity contribution >= 4 is 22.5 Å². The molecule has 0 bridgehead atoms. The topological polar surface area (TPSA) is 74.4 Å². The van der Waals surface area contributed by atoms with E-state index in [0.717, 1.165) is 16.8 Å². The Morgan fingerprint density at radius 3 is 2.70 bits per heavy atom. The third-order valence-electron chi connectivity index (χ3n) is 3.62. The normalized spacial score (nSPS) is 11.0. The Morgan fingerprint density at radius 1 is 1.04 bits per heavy atom. The molecule has 23 heavy (non-hydrogen) atoms. The minimum Gasteiger partial charge on any atom is -0.306 e. The quantitative estimate of drug-likeness (QED) is 0.591. The van der Waals surface area contributed by atoms with Crippen molar-refractivity contribution in [2.24, 2.45) is 0 Å². The van der Waals surface area contributed by atoms with Gasteiger partial charge in [0.25, 0.3) is 5.56 Å². The van der Waals surface area contributed by atoms with Gasteiger partial charge in [0.1, 0.15) is 5.82 Å². The van der Waals surface area contributed by atoms with Crippen LogP contribution >= 0.6 is 11.6 Å². The second kappa shape index (κ2) is 5.37. The highest BCUT2D eigenvalue weighted by atomic mass is 35.5. The Balaban J connectivity index is 1.93. The maximum atomic E-state index is 12.3. The monoisotopic (exact) mass is 322 g/mol. The molecule has 2 aromatic heterocycles. The summed E-state index contributed by atoms with van der Waals surface area (Å²) >= 11 is 5.94. The van der Waals surface area contributed by atoms with E-state index in [1.807, 2.05) is 30.3 Å². The van der Waals surface area contributed by atoms with Crippen molar-refractivity contribution in [2.45, 2.75) is 0 Å². The van der Waals surface area contributed by atoms with E-state index in [-0.39, 0.29) is 5.56 Å². The maximum Gasteiger partial charge on any atom is 0.259 e. The molecule has 4 rings (SSSR count). The first kappa shape index (κ1) is 13.7. The van der Waals surface area contributed by atoms with Crippen molar-refractivity contribution in [1.29, 1.82) is 0 Å². The third kappa shape index (κ3) is 2.41. The summed E-state index contributed by atoms with van der Waals surface area (Å²) in [5.41, 5.74) is 2.88. The number of nitrogens with zero attached hydrogens (tertiary/aromatic N) is 2. The predicted octanol–water partition coefficient (Wildman–Crippen LogP) is 3.63. The number of halogens is 1. The van der Waals surface area contributed by atoms with E-state index in [1.54, 1.807) is 24.4 Å². The van der Waals surface area contributed by atoms with Crippen molar-refractivity contribution in [3.8, 4) is 22.6 Å². The second-order valence-corrected chi connectivity index (χ2v) is 5.54. The second-order valence-electron chi connectivity index (χ2n) is 5.10. The standard InChI is InChI=1S/C17H11ClN4O/c18-11-6-7-14-12(8-11)17(23)21-16(20-14)13-9-19-22-15(13)10-4-2-1-3-5-10/h1-9H,(H,19,22)(H,20,21,23). The first-order chi connectivity index (χ1) is 11.2. The van der Waals surface area contributed by atoms with Gasteiger partial charge in [0.05, 0.1) is 28.4 Å². The summed E-state index contributed by atoms with van der Waals surface area (Å²) in [5, 5.41) is 8.02. The Kier molecular flexibility index (Phi) is 3.20. The molecule has 0 aliphatic heterocycles. The fourth-order valence-electron chi connectivity index (χ4n) is 2.53. The molecular formula is C17H11ClN4O. The van der Waals surface area contributed by atoms with E-state index in [9.17, 15) is 4.79 Å². The zero-order chi connectivity index (χ0) is 15.8. The number of hydrogen-bond acceptors (Lipinski definition) is 3. The van der Waals surface area contributed by atoms with Gasteiger partial charge in [-0.3, -0.25) is 9.89 Å². The van der Waals surface area contributed by atoms with Gasteiger partial charge in [0, 0.05) is 10.6 Å². The van der Waals surface area contributed by atoms with Crippen LogP contribution in [0, 0.1) is 0 Å². The smallest absolute Gasteiger partial charge is 0.259 e. The van der Waals surface area contributed by atoms with Crippen LogP contribution < -0.4 is 5.56 Å². The van der Waals surface area contributed by atoms with Crippen molar-refractivity contribution in [3.63, 3.8) is 0 Å². The van der Waals surface area contributed by atoms with Gasteiger partial charge >= 0.3 is 0 Å². The Bertz CT molecular complexity index is 1050. The summed E-state index contributed by atoms with van der Waals surface area (Å²) in [7, 11) is 0. The highest BCUT2D eigenvalue weighted by Crippen LogP contribution is 2.28. The van der Waals surface area contributed by atoms with Crippen LogP contribution in [0.25, 0.3) is 33.5 Å². The first-order valence-electron chi connectivity index (χ1n) is 7.01. The average Bonchev–Trinajstić information content (AvgIpc) is 3.06. The number of H-pyrrole nitrogens is 2. The van der Waals surface area contributed by atoms with Crippen LogP contribution in [0.15, 0.2) is 59.5 Å². The molecule has 0 radical (unpaired) electrons. The zero-order valence-electron chi connectivity index (χ0n) is 11.9. The molecule has 2 aromatic carbocycles. The summed E-state index contributed by atoms with van der Waals surface area (Å²) < 4.78 is 0. The molecule has 0 aliphatic carbocycles. The van der Waals surface area contributed by atoms with E-state index in [0.29, 0.717) is 21.7 Å². The minimum absolute atomic E-state index is 0.229. The number of benzene rings is 2. The van der Waals surface area contributed by atoms with Gasteiger partial charge in [0.15, 0.2) is 0 Å². The summed E-state index contributed by atoms with van der Waals surface area (Å²) in [6.45, 7) is 0. The highest BCUT2D eigenvalue weighted by molar-refractivity contribution is 6.31. The lowest BCUT2D eigenvalue weighted by atomic mass is 10.1. The molecule has 4 aromatic rings. The van der Waals surface area contributed by atoms with Crippen LogP contribution in [0.5, 0.6) is 0 Å². The zero-order valence-corrected chi connectivity index (χ0v) is 12.6. The summed E-state index contributed by atoms with van der Waals surface area (Å²) in [6.07, 6.45) is 1.66. The van der Waals surface area contributed by atoms with E-state index in [4.69, 9.17) is 11.6 Å².